The highest BCUT2D eigenvalue weighted by atomic mass is 79.9. The second-order valence-corrected chi connectivity index (χ2v) is 6.59. The van der Waals surface area contributed by atoms with Crippen LogP contribution in [-0.2, 0) is 4.79 Å². The first kappa shape index (κ1) is 16.0. The number of carbonyl (C=O) groups excluding carboxylic acids is 1. The summed E-state index contributed by atoms with van der Waals surface area (Å²) in [6.07, 6.45) is 2.83. The van der Waals surface area contributed by atoms with Gasteiger partial charge >= 0.3 is 5.97 Å². The van der Waals surface area contributed by atoms with Gasteiger partial charge in [0.05, 0.1) is 5.41 Å². The largest absolute Gasteiger partial charge is 0.481 e. The summed E-state index contributed by atoms with van der Waals surface area (Å²) in [5, 5.41) is 9.58. The summed E-state index contributed by atoms with van der Waals surface area (Å²) in [6, 6.07) is 7.19. The van der Waals surface area contributed by atoms with Crippen molar-refractivity contribution in [3.8, 4) is 0 Å². The Morgan fingerprint density at radius 2 is 2.00 bits per heavy atom. The van der Waals surface area contributed by atoms with E-state index in [1.54, 1.807) is 17.0 Å². The lowest BCUT2D eigenvalue weighted by atomic mass is 9.76. The van der Waals surface area contributed by atoms with Gasteiger partial charge in [0.2, 0.25) is 0 Å². The standard InChI is InChI=1S/C16H20BrNO3/c1-2-8-16(15(20)21)9-3-10-18(11-16)14(19)12-4-6-13(17)7-5-12/h4-7H,2-3,8-11H2,1H3,(H,20,21). The molecule has 1 saturated heterocycles. The molecule has 1 aromatic carbocycles. The Hall–Kier alpha value is -1.36. The molecule has 0 aliphatic carbocycles. The Balaban J connectivity index is 2.18. The van der Waals surface area contributed by atoms with Crippen molar-refractivity contribution < 1.29 is 14.7 Å². The lowest BCUT2D eigenvalue weighted by molar-refractivity contribution is -0.152. The van der Waals surface area contributed by atoms with E-state index in [9.17, 15) is 14.7 Å². The van der Waals surface area contributed by atoms with Gasteiger partial charge in [-0.05, 0) is 43.5 Å². The van der Waals surface area contributed by atoms with E-state index in [2.05, 4.69) is 15.9 Å². The van der Waals surface area contributed by atoms with E-state index in [4.69, 9.17) is 0 Å². The van der Waals surface area contributed by atoms with Gasteiger partial charge in [-0.15, -0.1) is 0 Å². The number of aliphatic carboxylic acids is 1. The number of carboxylic acids is 1. The molecule has 0 aromatic heterocycles. The zero-order chi connectivity index (χ0) is 15.5. The third-order valence-corrected chi connectivity index (χ3v) is 4.67. The first-order chi connectivity index (χ1) is 9.98. The predicted molar refractivity (Wildman–Crippen MR) is 84.3 cm³/mol. The van der Waals surface area contributed by atoms with Gasteiger partial charge in [-0.1, -0.05) is 29.3 Å². The molecule has 1 N–H and O–H groups in total. The van der Waals surface area contributed by atoms with Crippen molar-refractivity contribution in [1.82, 2.24) is 4.90 Å². The van der Waals surface area contributed by atoms with Crippen LogP contribution in [0.25, 0.3) is 0 Å². The lowest BCUT2D eigenvalue weighted by Gasteiger charge is -2.40. The van der Waals surface area contributed by atoms with Gasteiger partial charge in [-0.2, -0.15) is 0 Å². The SMILES string of the molecule is CCCC1(C(=O)O)CCCN(C(=O)c2ccc(Br)cc2)C1. The molecule has 0 spiro atoms. The third kappa shape index (κ3) is 3.46. The molecule has 1 aromatic rings. The number of piperidine rings is 1. The molecule has 2 rings (SSSR count). The smallest absolute Gasteiger partial charge is 0.311 e. The Kier molecular flexibility index (Phi) is 5.04. The van der Waals surface area contributed by atoms with Crippen molar-refractivity contribution in [3.05, 3.63) is 34.3 Å². The Labute approximate surface area is 133 Å². The molecule has 1 amide bonds. The van der Waals surface area contributed by atoms with Crippen LogP contribution in [0.2, 0.25) is 0 Å². The van der Waals surface area contributed by atoms with Crippen molar-refractivity contribution in [3.63, 3.8) is 0 Å². The van der Waals surface area contributed by atoms with Crippen LogP contribution in [0.15, 0.2) is 28.7 Å². The third-order valence-electron chi connectivity index (χ3n) is 4.14. The van der Waals surface area contributed by atoms with E-state index in [0.717, 1.165) is 17.3 Å². The summed E-state index contributed by atoms with van der Waals surface area (Å²) in [6.45, 7) is 2.93. The van der Waals surface area contributed by atoms with Crippen LogP contribution < -0.4 is 0 Å². The second-order valence-electron chi connectivity index (χ2n) is 5.67. The number of nitrogens with zero attached hydrogens (tertiary/aromatic N) is 1. The normalized spacial score (nSPS) is 22.1. The molecule has 1 heterocycles. The first-order valence-corrected chi connectivity index (χ1v) is 8.06. The number of halogens is 1. The molecule has 0 bridgehead atoms. The van der Waals surface area contributed by atoms with Crippen LogP contribution in [0.5, 0.6) is 0 Å². The first-order valence-electron chi connectivity index (χ1n) is 7.27. The van der Waals surface area contributed by atoms with Gasteiger partial charge in [0.25, 0.3) is 5.91 Å². The number of hydrogen-bond donors (Lipinski definition) is 1. The van der Waals surface area contributed by atoms with Gasteiger partial charge in [0, 0.05) is 23.1 Å². The van der Waals surface area contributed by atoms with E-state index in [-0.39, 0.29) is 5.91 Å². The van der Waals surface area contributed by atoms with Gasteiger partial charge in [0.15, 0.2) is 0 Å². The Morgan fingerprint density at radius 3 is 2.57 bits per heavy atom. The monoisotopic (exact) mass is 353 g/mol. The van der Waals surface area contributed by atoms with Crippen LogP contribution in [0.4, 0.5) is 0 Å². The van der Waals surface area contributed by atoms with Crippen LogP contribution in [0, 0.1) is 5.41 Å². The van der Waals surface area contributed by atoms with Crippen LogP contribution >= 0.6 is 15.9 Å². The summed E-state index contributed by atoms with van der Waals surface area (Å²) in [4.78, 5) is 25.9. The quantitative estimate of drug-likeness (QED) is 0.900. The van der Waals surface area contributed by atoms with Crippen molar-refractivity contribution in [1.29, 1.82) is 0 Å². The summed E-state index contributed by atoms with van der Waals surface area (Å²) in [5.74, 6) is -0.860. The maximum atomic E-state index is 12.5. The van der Waals surface area contributed by atoms with E-state index >= 15 is 0 Å². The minimum absolute atomic E-state index is 0.0797. The highest BCUT2D eigenvalue weighted by molar-refractivity contribution is 9.10. The minimum Gasteiger partial charge on any atom is -0.481 e. The number of carboxylic acid groups (broad SMARTS) is 1. The van der Waals surface area contributed by atoms with Crippen molar-refractivity contribution >= 4 is 27.8 Å². The number of amides is 1. The van der Waals surface area contributed by atoms with Gasteiger partial charge in [-0.3, -0.25) is 9.59 Å². The average Bonchev–Trinajstić information content (AvgIpc) is 2.48. The van der Waals surface area contributed by atoms with E-state index in [1.165, 1.54) is 0 Å². The molecular formula is C16H20BrNO3. The maximum Gasteiger partial charge on any atom is 0.311 e. The molecule has 114 valence electrons. The minimum atomic E-state index is -0.780. The number of hydrogen-bond acceptors (Lipinski definition) is 2. The maximum absolute atomic E-state index is 12.5. The van der Waals surface area contributed by atoms with Crippen molar-refractivity contribution in [2.24, 2.45) is 5.41 Å². The zero-order valence-electron chi connectivity index (χ0n) is 12.1. The number of rotatable bonds is 4. The molecule has 21 heavy (non-hydrogen) atoms. The van der Waals surface area contributed by atoms with Gasteiger partial charge in [-0.25, -0.2) is 0 Å². The Morgan fingerprint density at radius 1 is 1.33 bits per heavy atom. The molecule has 1 fully saturated rings. The lowest BCUT2D eigenvalue weighted by Crippen LogP contribution is -2.49. The fourth-order valence-electron chi connectivity index (χ4n) is 3.04. The zero-order valence-corrected chi connectivity index (χ0v) is 13.7. The second kappa shape index (κ2) is 6.60. The number of benzene rings is 1. The van der Waals surface area contributed by atoms with Crippen LogP contribution in [0.1, 0.15) is 43.0 Å². The molecule has 1 aliphatic heterocycles. The molecular weight excluding hydrogens is 334 g/mol. The molecule has 0 saturated carbocycles. The fourth-order valence-corrected chi connectivity index (χ4v) is 3.31. The highest BCUT2D eigenvalue weighted by Gasteiger charge is 2.42. The highest BCUT2D eigenvalue weighted by Crippen LogP contribution is 2.35. The van der Waals surface area contributed by atoms with E-state index in [1.807, 2.05) is 19.1 Å². The van der Waals surface area contributed by atoms with E-state index < -0.39 is 11.4 Å². The van der Waals surface area contributed by atoms with Gasteiger partial charge in [0.1, 0.15) is 0 Å². The van der Waals surface area contributed by atoms with Crippen molar-refractivity contribution in [2.75, 3.05) is 13.1 Å². The average molecular weight is 354 g/mol. The Bertz CT molecular complexity index is 525. The van der Waals surface area contributed by atoms with Crippen LogP contribution in [0.3, 0.4) is 0 Å². The van der Waals surface area contributed by atoms with E-state index in [0.29, 0.717) is 31.5 Å². The molecule has 4 nitrogen and oxygen atoms in total. The predicted octanol–water partition coefficient (Wildman–Crippen LogP) is 3.56. The molecule has 1 aliphatic rings. The molecule has 1 atom stereocenters. The summed E-state index contributed by atoms with van der Waals surface area (Å²) in [7, 11) is 0. The van der Waals surface area contributed by atoms with Gasteiger partial charge < -0.3 is 10.0 Å². The number of likely N-dealkylation sites (tertiary alicyclic amines) is 1. The van der Waals surface area contributed by atoms with Crippen molar-refractivity contribution in [2.45, 2.75) is 32.6 Å². The fraction of sp³-hybridized carbons (Fsp3) is 0.500. The molecule has 0 radical (unpaired) electrons. The summed E-state index contributed by atoms with van der Waals surface area (Å²) in [5.41, 5.74) is -0.172. The molecule has 5 heteroatoms. The number of carbonyl (C=O) groups is 2. The van der Waals surface area contributed by atoms with Crippen LogP contribution in [-0.4, -0.2) is 35.0 Å². The summed E-state index contributed by atoms with van der Waals surface area (Å²) < 4.78 is 0.920. The molecule has 1 unspecified atom stereocenters. The summed E-state index contributed by atoms with van der Waals surface area (Å²) >= 11 is 3.35. The topological polar surface area (TPSA) is 57.6 Å².